The molecule has 1 heterocycles. The normalized spacial score (nSPS) is 10.1. The molecule has 0 radical (unpaired) electrons. The first-order valence-corrected chi connectivity index (χ1v) is 3.51. The highest BCUT2D eigenvalue weighted by molar-refractivity contribution is 5.53. The second kappa shape index (κ2) is 3.35. The number of anilines is 1. The summed E-state index contributed by atoms with van der Waals surface area (Å²) in [6.07, 6.45) is -1.76. The molecule has 13 heavy (non-hydrogen) atoms. The molecule has 0 saturated heterocycles. The number of rotatable bonds is 1. The quantitative estimate of drug-likeness (QED) is 0.721. The van der Waals surface area contributed by atoms with Gasteiger partial charge in [0.1, 0.15) is 11.9 Å². The van der Waals surface area contributed by atoms with E-state index in [9.17, 15) is 8.78 Å². The first-order valence-electron chi connectivity index (χ1n) is 3.51. The lowest BCUT2D eigenvalue weighted by atomic mass is 10.1. The number of nitrogens with two attached hydrogens (primary N) is 1. The van der Waals surface area contributed by atoms with Crippen molar-refractivity contribution in [3.05, 3.63) is 22.9 Å². The van der Waals surface area contributed by atoms with E-state index in [1.807, 2.05) is 0 Å². The van der Waals surface area contributed by atoms with Crippen LogP contribution in [0.2, 0.25) is 0 Å². The highest BCUT2D eigenvalue weighted by Gasteiger charge is 2.16. The SMILES string of the molecule is Cc1c(N)ncc(C(F)F)c1C#N. The predicted molar refractivity (Wildman–Crippen MR) is 43.1 cm³/mol. The fourth-order valence-electron chi connectivity index (χ4n) is 0.959. The van der Waals surface area contributed by atoms with Gasteiger partial charge in [0.15, 0.2) is 0 Å². The summed E-state index contributed by atoms with van der Waals surface area (Å²) in [5.74, 6) is 0.112. The molecule has 0 aliphatic carbocycles. The van der Waals surface area contributed by atoms with E-state index in [1.54, 1.807) is 6.07 Å². The molecule has 1 rings (SSSR count). The van der Waals surface area contributed by atoms with Gasteiger partial charge >= 0.3 is 0 Å². The lowest BCUT2D eigenvalue weighted by molar-refractivity contribution is 0.150. The van der Waals surface area contributed by atoms with Crippen LogP contribution in [0.25, 0.3) is 0 Å². The summed E-state index contributed by atoms with van der Waals surface area (Å²) >= 11 is 0. The number of nitrogen functional groups attached to an aromatic ring is 1. The van der Waals surface area contributed by atoms with Crippen molar-refractivity contribution in [1.29, 1.82) is 5.26 Å². The summed E-state index contributed by atoms with van der Waals surface area (Å²) in [6.45, 7) is 1.49. The van der Waals surface area contributed by atoms with Crippen molar-refractivity contribution in [3.8, 4) is 6.07 Å². The van der Waals surface area contributed by atoms with Crippen molar-refractivity contribution in [1.82, 2.24) is 4.98 Å². The molecule has 0 unspecified atom stereocenters. The lowest BCUT2D eigenvalue weighted by Crippen LogP contribution is -2.01. The minimum Gasteiger partial charge on any atom is -0.383 e. The van der Waals surface area contributed by atoms with E-state index >= 15 is 0 Å². The summed E-state index contributed by atoms with van der Waals surface area (Å²) in [7, 11) is 0. The molecule has 5 heteroatoms. The Labute approximate surface area is 73.8 Å². The maximum Gasteiger partial charge on any atom is 0.266 e. The Morgan fingerprint density at radius 3 is 2.69 bits per heavy atom. The fraction of sp³-hybridized carbons (Fsp3) is 0.250. The Kier molecular flexibility index (Phi) is 2.42. The van der Waals surface area contributed by atoms with E-state index in [0.29, 0.717) is 5.56 Å². The van der Waals surface area contributed by atoms with E-state index in [2.05, 4.69) is 4.98 Å². The first-order chi connectivity index (χ1) is 6.07. The Morgan fingerprint density at radius 2 is 2.23 bits per heavy atom. The largest absolute Gasteiger partial charge is 0.383 e. The van der Waals surface area contributed by atoms with Crippen molar-refractivity contribution in [3.63, 3.8) is 0 Å². The van der Waals surface area contributed by atoms with Crippen LogP contribution in [-0.2, 0) is 0 Å². The van der Waals surface area contributed by atoms with Crippen molar-refractivity contribution in [2.75, 3.05) is 5.73 Å². The van der Waals surface area contributed by atoms with Crippen molar-refractivity contribution < 1.29 is 8.78 Å². The molecule has 1 aromatic rings. The third kappa shape index (κ3) is 1.56. The van der Waals surface area contributed by atoms with Gasteiger partial charge in [-0.15, -0.1) is 0 Å². The third-order valence-corrected chi connectivity index (χ3v) is 1.74. The number of aromatic nitrogens is 1. The fourth-order valence-corrected chi connectivity index (χ4v) is 0.959. The Bertz CT molecular complexity index is 368. The lowest BCUT2D eigenvalue weighted by Gasteiger charge is -2.06. The van der Waals surface area contributed by atoms with Crippen LogP contribution < -0.4 is 5.73 Å². The molecule has 0 aromatic carbocycles. The zero-order chi connectivity index (χ0) is 10.0. The van der Waals surface area contributed by atoms with Crippen molar-refractivity contribution >= 4 is 5.82 Å². The molecule has 0 aliphatic heterocycles. The highest BCUT2D eigenvalue weighted by atomic mass is 19.3. The van der Waals surface area contributed by atoms with Crippen LogP contribution >= 0.6 is 0 Å². The van der Waals surface area contributed by atoms with Crippen LogP contribution in [0.15, 0.2) is 6.20 Å². The maximum absolute atomic E-state index is 12.3. The zero-order valence-corrected chi connectivity index (χ0v) is 6.88. The summed E-state index contributed by atoms with van der Waals surface area (Å²) in [6, 6.07) is 1.69. The van der Waals surface area contributed by atoms with Crippen LogP contribution in [0.4, 0.5) is 14.6 Å². The number of hydrogen-bond acceptors (Lipinski definition) is 3. The molecule has 0 aliphatic rings. The van der Waals surface area contributed by atoms with Gasteiger partial charge in [-0.3, -0.25) is 0 Å². The molecule has 68 valence electrons. The second-order valence-electron chi connectivity index (χ2n) is 2.51. The molecular formula is C8H7F2N3. The van der Waals surface area contributed by atoms with Crippen LogP contribution in [0.5, 0.6) is 0 Å². The van der Waals surface area contributed by atoms with Gasteiger partial charge in [0, 0.05) is 11.8 Å². The number of halogens is 2. The number of nitrogens with zero attached hydrogens (tertiary/aromatic N) is 2. The van der Waals surface area contributed by atoms with Gasteiger partial charge in [0.05, 0.1) is 11.1 Å². The van der Waals surface area contributed by atoms with Gasteiger partial charge in [-0.25, -0.2) is 13.8 Å². The molecule has 0 bridgehead atoms. The minimum absolute atomic E-state index is 0.0810. The zero-order valence-electron chi connectivity index (χ0n) is 6.88. The van der Waals surface area contributed by atoms with Crippen LogP contribution in [0.1, 0.15) is 23.1 Å². The monoisotopic (exact) mass is 183 g/mol. The van der Waals surface area contributed by atoms with Gasteiger partial charge in [-0.05, 0) is 6.92 Å². The molecule has 3 nitrogen and oxygen atoms in total. The van der Waals surface area contributed by atoms with E-state index in [4.69, 9.17) is 11.0 Å². The first kappa shape index (κ1) is 9.39. The van der Waals surface area contributed by atoms with E-state index in [0.717, 1.165) is 6.20 Å². The molecule has 0 saturated carbocycles. The van der Waals surface area contributed by atoms with Crippen LogP contribution in [-0.4, -0.2) is 4.98 Å². The van der Waals surface area contributed by atoms with Crippen molar-refractivity contribution in [2.45, 2.75) is 13.3 Å². The van der Waals surface area contributed by atoms with Crippen molar-refractivity contribution in [2.24, 2.45) is 0 Å². The molecule has 2 N–H and O–H groups in total. The summed E-state index contributed by atoms with van der Waals surface area (Å²) in [4.78, 5) is 3.56. The average Bonchev–Trinajstić information content (AvgIpc) is 2.09. The Morgan fingerprint density at radius 1 is 1.62 bits per heavy atom. The molecule has 1 aromatic heterocycles. The van der Waals surface area contributed by atoms with E-state index in [-0.39, 0.29) is 16.9 Å². The van der Waals surface area contributed by atoms with Gasteiger partial charge in [0.25, 0.3) is 6.43 Å². The number of alkyl halides is 2. The highest BCUT2D eigenvalue weighted by Crippen LogP contribution is 2.25. The van der Waals surface area contributed by atoms with Gasteiger partial charge in [-0.1, -0.05) is 0 Å². The van der Waals surface area contributed by atoms with Gasteiger partial charge in [-0.2, -0.15) is 5.26 Å². The maximum atomic E-state index is 12.3. The van der Waals surface area contributed by atoms with Crippen LogP contribution in [0, 0.1) is 18.3 Å². The van der Waals surface area contributed by atoms with E-state index in [1.165, 1.54) is 6.92 Å². The smallest absolute Gasteiger partial charge is 0.266 e. The number of nitriles is 1. The standard InChI is InChI=1S/C8H7F2N3/c1-4-5(2-11)6(7(9)10)3-13-8(4)12/h3,7H,1H3,(H2,12,13). The number of hydrogen-bond donors (Lipinski definition) is 1. The van der Waals surface area contributed by atoms with Gasteiger partial charge in [0.2, 0.25) is 0 Å². The molecule has 0 spiro atoms. The predicted octanol–water partition coefficient (Wildman–Crippen LogP) is 1.78. The Hall–Kier alpha value is -1.70. The van der Waals surface area contributed by atoms with Crippen LogP contribution in [0.3, 0.4) is 0 Å². The summed E-state index contributed by atoms with van der Waals surface area (Å²) in [5, 5.41) is 8.61. The van der Waals surface area contributed by atoms with E-state index < -0.39 is 6.43 Å². The summed E-state index contributed by atoms with van der Waals surface area (Å²) in [5.41, 5.74) is 5.22. The Balaban J connectivity index is 3.41. The minimum atomic E-state index is -2.69. The van der Waals surface area contributed by atoms with Gasteiger partial charge < -0.3 is 5.73 Å². The second-order valence-corrected chi connectivity index (χ2v) is 2.51. The molecule has 0 atom stereocenters. The number of pyridine rings is 1. The molecule has 0 amide bonds. The molecular weight excluding hydrogens is 176 g/mol. The topological polar surface area (TPSA) is 62.7 Å². The molecule has 0 fully saturated rings. The summed E-state index contributed by atoms with van der Waals surface area (Å²) < 4.78 is 24.6. The average molecular weight is 183 g/mol. The third-order valence-electron chi connectivity index (χ3n) is 1.74.